The lowest BCUT2D eigenvalue weighted by Gasteiger charge is -2.20. The average Bonchev–Trinajstić information content (AvgIpc) is 3.44. The summed E-state index contributed by atoms with van der Waals surface area (Å²) in [5.41, 5.74) is 1.82. The fraction of sp³-hybridized carbons (Fsp3) is 0.292. The Bertz CT molecular complexity index is 1290. The van der Waals surface area contributed by atoms with Gasteiger partial charge >= 0.3 is 0 Å². The molecule has 9 nitrogen and oxygen atoms in total. The summed E-state index contributed by atoms with van der Waals surface area (Å²) in [5, 5.41) is 10.1. The lowest BCUT2D eigenvalue weighted by Crippen LogP contribution is -2.39. The molecule has 1 aromatic heterocycles. The number of aryl methyl sites for hydroxylation is 1. The monoisotopic (exact) mass is 479 g/mol. The van der Waals surface area contributed by atoms with Gasteiger partial charge in [-0.25, -0.2) is 9.88 Å². The van der Waals surface area contributed by atoms with Crippen molar-refractivity contribution in [3.8, 4) is 17.2 Å². The number of rotatable bonds is 6. The Morgan fingerprint density at radius 1 is 1.12 bits per heavy atom. The lowest BCUT2D eigenvalue weighted by atomic mass is 10.1. The maximum Gasteiger partial charge on any atom is 0.263 e. The van der Waals surface area contributed by atoms with Gasteiger partial charge in [0.05, 0.1) is 18.3 Å². The predicted molar refractivity (Wildman–Crippen MR) is 124 cm³/mol. The summed E-state index contributed by atoms with van der Waals surface area (Å²) in [6.07, 6.45) is 0.0832. The fourth-order valence-electron chi connectivity index (χ4n) is 4.02. The van der Waals surface area contributed by atoms with Crippen molar-refractivity contribution in [2.24, 2.45) is 10.3 Å². The van der Waals surface area contributed by atoms with Gasteiger partial charge in [-0.3, -0.25) is 14.6 Å². The molecule has 5 rings (SSSR count). The Balaban J connectivity index is 1.35. The molecule has 0 unspecified atom stereocenters. The molecule has 0 aliphatic carbocycles. The van der Waals surface area contributed by atoms with E-state index in [4.69, 9.17) is 20.8 Å². The number of imide groups is 1. The largest absolute Gasteiger partial charge is 0.491 e. The first kappa shape index (κ1) is 22.1. The number of amides is 2. The van der Waals surface area contributed by atoms with Gasteiger partial charge in [0.25, 0.3) is 11.8 Å². The van der Waals surface area contributed by atoms with Crippen molar-refractivity contribution in [1.29, 1.82) is 0 Å². The third kappa shape index (κ3) is 3.92. The minimum absolute atomic E-state index is 0.0832. The van der Waals surface area contributed by atoms with Gasteiger partial charge in [0.1, 0.15) is 17.2 Å². The van der Waals surface area contributed by atoms with E-state index < -0.39 is 23.9 Å². The highest BCUT2D eigenvalue weighted by atomic mass is 35.5. The Kier molecular flexibility index (Phi) is 5.57. The molecular weight excluding hydrogens is 458 g/mol. The van der Waals surface area contributed by atoms with Crippen molar-refractivity contribution in [3.05, 3.63) is 65.0 Å². The van der Waals surface area contributed by atoms with Crippen molar-refractivity contribution in [2.45, 2.75) is 45.5 Å². The van der Waals surface area contributed by atoms with Gasteiger partial charge in [-0.1, -0.05) is 22.9 Å². The van der Waals surface area contributed by atoms with Crippen molar-refractivity contribution < 1.29 is 18.7 Å². The number of hydrogen-bond acceptors (Lipinski definition) is 8. The minimum atomic E-state index is -0.897. The van der Waals surface area contributed by atoms with Crippen LogP contribution in [-0.2, 0) is 16.1 Å². The highest BCUT2D eigenvalue weighted by Gasteiger charge is 2.55. The van der Waals surface area contributed by atoms with Gasteiger partial charge in [-0.05, 0) is 63.2 Å². The molecule has 0 saturated carbocycles. The molecule has 1 saturated heterocycles. The average molecular weight is 480 g/mol. The molecule has 10 heteroatoms. The number of hydrogen-bond donors (Lipinski definition) is 0. The number of carbonyl (C=O) groups is 2. The molecule has 0 N–H and O–H groups in total. The van der Waals surface area contributed by atoms with Crippen molar-refractivity contribution in [1.82, 2.24) is 9.99 Å². The molecule has 2 amide bonds. The molecule has 1 fully saturated rings. The van der Waals surface area contributed by atoms with Crippen LogP contribution in [-0.4, -0.2) is 40.0 Å². The van der Waals surface area contributed by atoms with E-state index >= 15 is 0 Å². The molecule has 174 valence electrons. The molecule has 2 aliphatic rings. The molecular formula is C24H22ClN5O4. The van der Waals surface area contributed by atoms with Crippen LogP contribution in [0.4, 0.5) is 5.69 Å². The Morgan fingerprint density at radius 2 is 1.88 bits per heavy atom. The number of nitrogens with zero attached hydrogens (tertiary/aromatic N) is 5. The minimum Gasteiger partial charge on any atom is -0.491 e. The molecule has 2 atom stereocenters. The first-order valence-electron chi connectivity index (χ1n) is 10.9. The van der Waals surface area contributed by atoms with Crippen LogP contribution in [0.2, 0.25) is 5.02 Å². The Labute approximate surface area is 201 Å². The van der Waals surface area contributed by atoms with Gasteiger partial charge in [0, 0.05) is 10.6 Å². The third-order valence-corrected chi connectivity index (χ3v) is 5.84. The third-order valence-electron chi connectivity index (χ3n) is 5.60. The van der Waals surface area contributed by atoms with E-state index in [9.17, 15) is 9.59 Å². The van der Waals surface area contributed by atoms with Crippen LogP contribution in [0, 0.1) is 6.92 Å². The van der Waals surface area contributed by atoms with Crippen LogP contribution >= 0.6 is 11.6 Å². The molecule has 3 heterocycles. The second-order valence-corrected chi connectivity index (χ2v) is 8.83. The molecule has 2 aromatic carbocycles. The van der Waals surface area contributed by atoms with Gasteiger partial charge in [-0.2, -0.15) is 5.11 Å². The van der Waals surface area contributed by atoms with Crippen LogP contribution in [0.25, 0.3) is 11.5 Å². The molecule has 0 bridgehead atoms. The van der Waals surface area contributed by atoms with Gasteiger partial charge < -0.3 is 9.15 Å². The molecule has 34 heavy (non-hydrogen) atoms. The second kappa shape index (κ2) is 8.57. The van der Waals surface area contributed by atoms with Crippen molar-refractivity contribution >= 4 is 29.1 Å². The van der Waals surface area contributed by atoms with Crippen LogP contribution in [0.5, 0.6) is 5.75 Å². The SMILES string of the molecule is Cc1oc(-c2ccc(OC(C)C)cc2)nc1CN1N=N[C@@H]2C(=O)N(c3cccc(Cl)c3)C(=O)[C@@H]21. The summed E-state index contributed by atoms with van der Waals surface area (Å²) < 4.78 is 11.5. The number of halogens is 1. The number of aromatic nitrogens is 1. The molecule has 3 aromatic rings. The summed E-state index contributed by atoms with van der Waals surface area (Å²) in [5.74, 6) is 0.985. The molecule has 0 radical (unpaired) electrons. The zero-order chi connectivity index (χ0) is 24.0. The van der Waals surface area contributed by atoms with Gasteiger partial charge in [-0.15, -0.1) is 0 Å². The van der Waals surface area contributed by atoms with E-state index in [1.54, 1.807) is 31.2 Å². The van der Waals surface area contributed by atoms with Crippen LogP contribution < -0.4 is 9.64 Å². The molecule has 0 spiro atoms. The standard InChI is InChI=1S/C24H22ClN5O4/c1-13(2)33-18-9-7-15(8-10-18)22-26-19(14(3)34-22)12-29-21-20(27-28-29)23(31)30(24(21)32)17-6-4-5-16(25)11-17/h4-11,13,20-21H,12H2,1-3H3/t20-,21+/m0/s1. The summed E-state index contributed by atoms with van der Waals surface area (Å²) in [6, 6.07) is 12.3. The Hall–Kier alpha value is -3.72. The van der Waals surface area contributed by atoms with Crippen LogP contribution in [0.15, 0.2) is 63.3 Å². The normalized spacial score (nSPS) is 19.4. The number of oxazole rings is 1. The van der Waals surface area contributed by atoms with Crippen molar-refractivity contribution in [3.63, 3.8) is 0 Å². The zero-order valence-electron chi connectivity index (χ0n) is 18.8. The number of carbonyl (C=O) groups excluding carboxylic acids is 2. The van der Waals surface area contributed by atoms with E-state index in [1.165, 1.54) is 5.01 Å². The van der Waals surface area contributed by atoms with Gasteiger partial charge in [0.15, 0.2) is 12.1 Å². The predicted octanol–water partition coefficient (Wildman–Crippen LogP) is 4.58. The van der Waals surface area contributed by atoms with E-state index in [2.05, 4.69) is 15.3 Å². The number of ether oxygens (including phenoxy) is 1. The Morgan fingerprint density at radius 3 is 2.59 bits per heavy atom. The lowest BCUT2D eigenvalue weighted by molar-refractivity contribution is -0.123. The number of benzene rings is 2. The fourth-order valence-corrected chi connectivity index (χ4v) is 4.21. The van der Waals surface area contributed by atoms with E-state index in [0.717, 1.165) is 16.2 Å². The second-order valence-electron chi connectivity index (χ2n) is 8.40. The summed E-state index contributed by atoms with van der Waals surface area (Å²) in [6.45, 7) is 5.91. The number of anilines is 1. The highest BCUT2D eigenvalue weighted by Crippen LogP contribution is 2.34. The molecule has 2 aliphatic heterocycles. The van der Waals surface area contributed by atoms with Crippen LogP contribution in [0.3, 0.4) is 0 Å². The topological polar surface area (TPSA) is 101 Å². The van der Waals surface area contributed by atoms with E-state index in [0.29, 0.717) is 28.1 Å². The quantitative estimate of drug-likeness (QED) is 0.479. The maximum absolute atomic E-state index is 13.2. The highest BCUT2D eigenvalue weighted by molar-refractivity contribution is 6.31. The number of fused-ring (bicyclic) bond motifs is 1. The van der Waals surface area contributed by atoms with Crippen molar-refractivity contribution in [2.75, 3.05) is 4.90 Å². The first-order chi connectivity index (χ1) is 16.3. The maximum atomic E-state index is 13.2. The first-order valence-corrected chi connectivity index (χ1v) is 11.2. The van der Waals surface area contributed by atoms with Crippen LogP contribution in [0.1, 0.15) is 25.3 Å². The summed E-state index contributed by atoms with van der Waals surface area (Å²) in [7, 11) is 0. The van der Waals surface area contributed by atoms with Gasteiger partial charge in [0.2, 0.25) is 5.89 Å². The summed E-state index contributed by atoms with van der Waals surface area (Å²) in [4.78, 5) is 31.8. The smallest absolute Gasteiger partial charge is 0.263 e. The van der Waals surface area contributed by atoms with E-state index in [1.807, 2.05) is 38.1 Å². The summed E-state index contributed by atoms with van der Waals surface area (Å²) >= 11 is 6.05. The van der Waals surface area contributed by atoms with E-state index in [-0.39, 0.29) is 12.6 Å². The zero-order valence-corrected chi connectivity index (χ0v) is 19.6.